The Morgan fingerprint density at radius 1 is 0.951 bits per heavy atom. The predicted octanol–water partition coefficient (Wildman–Crippen LogP) is 6.31. The Balaban J connectivity index is 2.27. The highest BCUT2D eigenvalue weighted by atomic mass is 19.1. The Morgan fingerprint density at radius 3 is 2.22 bits per heavy atom. The first kappa shape index (κ1) is 14.1. The monoisotopic (exact) mass is 576 g/mol. The maximum Gasteiger partial charge on any atom is 0.305 e. The molecule has 4 rings (SSSR count). The lowest BCUT2D eigenvalue weighted by Gasteiger charge is -2.20. The molecule has 3 aromatic carbocycles. The summed E-state index contributed by atoms with van der Waals surface area (Å²) in [7, 11) is 0. The first-order valence-corrected chi connectivity index (χ1v) is 12.4. The van der Waals surface area contributed by atoms with Crippen molar-refractivity contribution in [3.05, 3.63) is 102 Å². The fourth-order valence-electron chi connectivity index (χ4n) is 4.39. The molecule has 0 bridgehead atoms. The molecule has 0 saturated heterocycles. The lowest BCUT2D eigenvalue weighted by atomic mass is 9.94. The van der Waals surface area contributed by atoms with Gasteiger partial charge in [0.15, 0.2) is 1.41 Å². The zero-order chi connectivity index (χ0) is 44.7. The number of nitrogens with zero attached hydrogens (tertiary/aromatic N) is 1. The molecule has 0 fully saturated rings. The number of aliphatic carboxylic acids is 1. The number of amides is 1. The van der Waals surface area contributed by atoms with E-state index in [1.807, 2.05) is 0 Å². The van der Waals surface area contributed by atoms with Gasteiger partial charge < -0.3 is 25.2 Å². The Hall–Kier alpha value is -4.27. The third-order valence-electron chi connectivity index (χ3n) is 5.94. The number of carbonyl (C=O) groups is 2. The summed E-state index contributed by atoms with van der Waals surface area (Å²) < 4.78 is 166. The number of hydrogen-bond acceptors (Lipinski definition) is 5. The molecule has 0 aliphatic heterocycles. The summed E-state index contributed by atoms with van der Waals surface area (Å²) >= 11 is 0. The van der Waals surface area contributed by atoms with Gasteiger partial charge in [-0.1, -0.05) is 62.2 Å². The van der Waals surface area contributed by atoms with Gasteiger partial charge in [-0.25, -0.2) is 4.39 Å². The smallest absolute Gasteiger partial charge is 0.305 e. The number of carboxylic acids is 1. The molecule has 2 atom stereocenters. The van der Waals surface area contributed by atoms with E-state index in [4.69, 9.17) is 30.0 Å². The average Bonchev–Trinajstić information content (AvgIpc) is 3.53. The summed E-state index contributed by atoms with van der Waals surface area (Å²) in [5.41, 5.74) is -4.66. The van der Waals surface area contributed by atoms with Crippen molar-refractivity contribution in [2.45, 2.75) is 57.8 Å². The largest absolute Gasteiger partial charge is 0.481 e. The highest BCUT2D eigenvalue weighted by Crippen LogP contribution is 2.42. The van der Waals surface area contributed by atoms with Gasteiger partial charge in [-0.05, 0) is 66.1 Å². The van der Waals surface area contributed by atoms with Crippen LogP contribution in [0.2, 0.25) is 1.41 Å². The lowest BCUT2D eigenvalue weighted by Crippen LogP contribution is -2.22. The van der Waals surface area contributed by atoms with E-state index in [-0.39, 0.29) is 23.8 Å². The number of para-hydroxylation sites is 1. The number of carbonyl (C=O) groups excluding carboxylic acids is 1. The van der Waals surface area contributed by atoms with Crippen LogP contribution in [0.3, 0.4) is 0 Å². The molecule has 41 heavy (non-hydrogen) atoms. The van der Waals surface area contributed by atoms with Crippen molar-refractivity contribution in [1.82, 2.24) is 4.57 Å². The van der Waals surface area contributed by atoms with Crippen LogP contribution in [-0.4, -0.2) is 46.8 Å². The van der Waals surface area contributed by atoms with Crippen molar-refractivity contribution < 1.29 is 49.9 Å². The molecule has 1 heterocycles. The molecule has 8 heteroatoms. The average molecular weight is 577 g/mol. The van der Waals surface area contributed by atoms with E-state index in [0.29, 0.717) is 0 Å². The minimum absolute atomic E-state index is 0.0642. The predicted molar refractivity (Wildman–Crippen MR) is 157 cm³/mol. The maximum atomic E-state index is 15.1. The summed E-state index contributed by atoms with van der Waals surface area (Å²) in [4.78, 5) is 26.7. The Kier molecular flexibility index (Phi) is 4.60. The second kappa shape index (κ2) is 13.4. The normalized spacial score (nSPS) is 18.7. The Bertz CT molecular complexity index is 2260. The number of aliphatic hydroxyl groups is 2. The molecule has 1 amide bonds. The number of hydrogen-bond donors (Lipinski definition) is 4. The lowest BCUT2D eigenvalue weighted by molar-refractivity contribution is -0.139. The van der Waals surface area contributed by atoms with E-state index in [1.165, 1.54) is 13.8 Å². The fourth-order valence-corrected chi connectivity index (χ4v) is 4.39. The number of carboxylic acid groups (broad SMARTS) is 1. The number of nitrogens with one attached hydrogen (secondary N) is 1. The number of aliphatic hydroxyl groups excluding tert-OH is 2. The third kappa shape index (κ3) is 7.28. The van der Waals surface area contributed by atoms with Gasteiger partial charge in [-0.3, -0.25) is 9.59 Å². The number of aromatic nitrogens is 1. The summed E-state index contributed by atoms with van der Waals surface area (Å²) in [6.07, 6.45) is -3.89. The Labute approximate surface area is 264 Å². The van der Waals surface area contributed by atoms with Gasteiger partial charge in [0.2, 0.25) is 2.86 Å². The van der Waals surface area contributed by atoms with Crippen LogP contribution in [0.4, 0.5) is 10.1 Å². The topological polar surface area (TPSA) is 112 Å². The first-order valence-electron chi connectivity index (χ1n) is 21.1. The highest BCUT2D eigenvalue weighted by molar-refractivity contribution is 6.12. The highest BCUT2D eigenvalue weighted by Gasteiger charge is 2.31. The summed E-state index contributed by atoms with van der Waals surface area (Å²) in [5.74, 6) is -5.12. The molecule has 1 aromatic heterocycles. The minimum Gasteiger partial charge on any atom is -0.481 e. The van der Waals surface area contributed by atoms with E-state index in [1.54, 1.807) is 0 Å². The van der Waals surface area contributed by atoms with Crippen molar-refractivity contribution in [2.75, 3.05) is 5.31 Å². The van der Waals surface area contributed by atoms with Crippen molar-refractivity contribution >= 4 is 17.6 Å². The molecule has 0 aliphatic rings. The summed E-state index contributed by atoms with van der Waals surface area (Å²) in [6, 6.07) is -13.9. The van der Waals surface area contributed by atoms with Crippen LogP contribution >= 0.6 is 0 Å². The van der Waals surface area contributed by atoms with Gasteiger partial charge in [0.05, 0.1) is 49.1 Å². The van der Waals surface area contributed by atoms with Gasteiger partial charge in [0.25, 0.3) is 7.34 Å². The van der Waals surface area contributed by atoms with Gasteiger partial charge in [0.1, 0.15) is 5.82 Å². The second-order valence-electron chi connectivity index (χ2n) is 9.21. The van der Waals surface area contributed by atoms with E-state index in [0.717, 1.165) is 4.57 Å². The molecule has 214 valence electrons. The number of benzene rings is 3. The second-order valence-corrected chi connectivity index (χ2v) is 9.21. The summed E-state index contributed by atoms with van der Waals surface area (Å²) in [5, 5.41) is 13.2. The van der Waals surface area contributed by atoms with Gasteiger partial charge in [-0.2, -0.15) is 0 Å². The minimum atomic E-state index is -1.58. The molecule has 0 saturated carbocycles. The zero-order valence-electron chi connectivity index (χ0n) is 39.9. The van der Waals surface area contributed by atoms with Crippen LogP contribution in [0.25, 0.3) is 23.8 Å². The summed E-state index contributed by atoms with van der Waals surface area (Å²) in [6.45, 7) is 2.50. The van der Waals surface area contributed by atoms with E-state index < -0.39 is 167 Å². The SMILES string of the molecule is [2H]OC(=O)C[C@@H](C[C@@H](CCn1c(-c2c([2H])c([2H])c(F)c([2H])c2[2H])c(-c2c([2H])c([2H])c([2H])c([2H])c2[2H])c(C(=O)N([2H])c2c([2H])c([2H])c([2H])c([2H])c2[2H])c1C(C)C)O[2H])O[2H]. The number of rotatable bonds is 14. The van der Waals surface area contributed by atoms with Crippen LogP contribution in [0.1, 0.15) is 74.3 Å². The molecule has 7 nitrogen and oxygen atoms in total. The molecular formula is C33H35FN2O5. The van der Waals surface area contributed by atoms with Gasteiger partial charge >= 0.3 is 5.97 Å². The molecule has 0 aliphatic carbocycles. The van der Waals surface area contributed by atoms with Crippen molar-refractivity contribution in [2.24, 2.45) is 0 Å². The van der Waals surface area contributed by atoms with Gasteiger partial charge in [0, 0.05) is 23.5 Å². The van der Waals surface area contributed by atoms with Crippen LogP contribution < -0.4 is 5.31 Å². The number of halogens is 1. The first-order chi connectivity index (χ1) is 27.5. The van der Waals surface area contributed by atoms with Crippen molar-refractivity contribution in [1.29, 1.82) is 4.29 Å². The van der Waals surface area contributed by atoms with Crippen LogP contribution in [-0.2, 0) is 11.3 Å². The van der Waals surface area contributed by atoms with E-state index in [9.17, 15) is 9.59 Å². The molecule has 4 N–H and O–H groups in total. The standard InChI is InChI=1S/C33H35FN2O5/c1-21(2)31-30(33(41)35-25-11-7-4-8-12-25)29(22-9-5-3-6-10-22)32(23-13-15-24(34)16-14-23)36(31)18-17-26(37)19-27(38)20-28(39)40/h3-16,21,26-27,37-38H,17-20H2,1-2H3,(H,35,41)(H,39,40)/t26-,27-/m1/s1/i3D,4D,5D,6D,7D,8D,9D,10D,11D,12D,13D,14D,15D,16D,37D,38D/hD2. The molecule has 0 radical (unpaired) electrons. The fraction of sp³-hybridized carbons (Fsp3) is 0.273. The van der Waals surface area contributed by atoms with Crippen LogP contribution in [0.15, 0.2) is 84.6 Å². The van der Waals surface area contributed by atoms with Crippen LogP contribution in [0, 0.1) is 5.82 Å². The van der Waals surface area contributed by atoms with E-state index >= 15 is 4.39 Å². The maximum absolute atomic E-state index is 15.1. The van der Waals surface area contributed by atoms with Crippen molar-refractivity contribution in [3.8, 4) is 22.4 Å². The molecule has 4 aromatic rings. The van der Waals surface area contributed by atoms with E-state index in [2.05, 4.69) is 10.2 Å². The quantitative estimate of drug-likeness (QED) is 0.141. The Morgan fingerprint density at radius 2 is 1.61 bits per heavy atom. The zero-order valence-corrected chi connectivity index (χ0v) is 21.9. The molecule has 0 unspecified atom stereocenters. The third-order valence-corrected chi connectivity index (χ3v) is 5.94. The van der Waals surface area contributed by atoms with Crippen LogP contribution in [0.5, 0.6) is 0 Å². The number of anilines is 1. The molecule has 0 spiro atoms. The molecular weight excluding hydrogens is 523 g/mol. The van der Waals surface area contributed by atoms with Gasteiger partial charge in [-0.15, -0.1) is 0 Å². The van der Waals surface area contributed by atoms with Crippen molar-refractivity contribution in [3.63, 3.8) is 0 Å².